The third kappa shape index (κ3) is 5.02. The summed E-state index contributed by atoms with van der Waals surface area (Å²) in [4.78, 5) is 8.81. The molecule has 0 unspecified atom stereocenters. The summed E-state index contributed by atoms with van der Waals surface area (Å²) in [6.07, 6.45) is 1.77. The molecule has 4 N–H and O–H groups in total. The van der Waals surface area contributed by atoms with Gasteiger partial charge >= 0.3 is 0 Å². The van der Waals surface area contributed by atoms with Crippen LogP contribution in [0.15, 0.2) is 39.9 Å². The Morgan fingerprint density at radius 1 is 1.23 bits per heavy atom. The summed E-state index contributed by atoms with van der Waals surface area (Å²) in [7, 11) is -3.76. The van der Waals surface area contributed by atoms with E-state index in [1.54, 1.807) is 32.9 Å². The highest BCUT2D eigenvalue weighted by atomic mass is 32.2. The Balaban J connectivity index is 1.96. The van der Waals surface area contributed by atoms with Crippen LogP contribution in [0.2, 0.25) is 0 Å². The summed E-state index contributed by atoms with van der Waals surface area (Å²) in [6.45, 7) is 7.00. The van der Waals surface area contributed by atoms with Gasteiger partial charge in [-0.2, -0.15) is 0 Å². The van der Waals surface area contributed by atoms with Gasteiger partial charge in [-0.25, -0.2) is 23.1 Å². The topological polar surface area (TPSA) is 144 Å². The summed E-state index contributed by atoms with van der Waals surface area (Å²) >= 11 is 0. The Labute approximate surface area is 175 Å². The molecule has 3 aromatic rings. The van der Waals surface area contributed by atoms with Crippen LogP contribution < -0.4 is 10.5 Å². The monoisotopic (exact) mass is 431 g/mol. The van der Waals surface area contributed by atoms with E-state index in [0.717, 1.165) is 5.56 Å². The number of nitrogens with one attached hydrogen (secondary N) is 1. The van der Waals surface area contributed by atoms with Gasteiger partial charge in [0.1, 0.15) is 0 Å². The second-order valence-electron chi connectivity index (χ2n) is 7.76. The minimum atomic E-state index is -3.76. The molecule has 0 aliphatic carbocycles. The van der Waals surface area contributed by atoms with Crippen LogP contribution in [0, 0.1) is 13.8 Å². The predicted octanol–water partition coefficient (Wildman–Crippen LogP) is 2.44. The van der Waals surface area contributed by atoms with Gasteiger partial charge in [0, 0.05) is 18.2 Å². The molecule has 1 aromatic carbocycles. The largest absolute Gasteiger partial charge is 0.390 e. The molecule has 2 aromatic heterocycles. The Morgan fingerprint density at radius 3 is 2.60 bits per heavy atom. The van der Waals surface area contributed by atoms with Gasteiger partial charge in [-0.1, -0.05) is 11.2 Å². The average molecular weight is 432 g/mol. The van der Waals surface area contributed by atoms with Crippen molar-refractivity contribution in [2.24, 2.45) is 0 Å². The average Bonchev–Trinajstić information content (AvgIpc) is 3.07. The van der Waals surface area contributed by atoms with Gasteiger partial charge in [-0.05, 0) is 51.8 Å². The van der Waals surface area contributed by atoms with E-state index < -0.39 is 15.6 Å². The number of benzene rings is 1. The summed E-state index contributed by atoms with van der Waals surface area (Å²) < 4.78 is 33.1. The van der Waals surface area contributed by atoms with Gasteiger partial charge in [-0.3, -0.25) is 0 Å². The van der Waals surface area contributed by atoms with E-state index in [0.29, 0.717) is 28.4 Å². The quantitative estimate of drug-likeness (QED) is 0.517. The number of nitrogens with zero attached hydrogens (tertiary/aromatic N) is 3. The van der Waals surface area contributed by atoms with Crippen LogP contribution in [-0.4, -0.2) is 40.8 Å². The fourth-order valence-electron chi connectivity index (χ4n) is 2.80. The van der Waals surface area contributed by atoms with Crippen molar-refractivity contribution in [3.8, 4) is 22.7 Å². The molecule has 0 aliphatic rings. The fourth-order valence-corrected chi connectivity index (χ4v) is 3.86. The number of hydrogen-bond donors (Lipinski definition) is 3. The number of aromatic nitrogens is 3. The first kappa shape index (κ1) is 21.9. The second-order valence-corrected chi connectivity index (χ2v) is 9.53. The highest BCUT2D eigenvalue weighted by Gasteiger charge is 2.20. The van der Waals surface area contributed by atoms with E-state index in [-0.39, 0.29) is 23.7 Å². The molecule has 0 bridgehead atoms. The number of nitrogen functional groups attached to an aromatic ring is 1. The molecule has 0 saturated carbocycles. The van der Waals surface area contributed by atoms with E-state index in [1.165, 1.54) is 18.3 Å². The van der Waals surface area contributed by atoms with Crippen LogP contribution in [0.1, 0.15) is 31.5 Å². The lowest BCUT2D eigenvalue weighted by Gasteiger charge is -2.17. The minimum Gasteiger partial charge on any atom is -0.390 e. The SMILES string of the molecule is Cc1cc(-c2nc(-c3cc(S(=O)(=O)NCCC(C)(C)O)ccc3C)cnc2N)on1. The lowest BCUT2D eigenvalue weighted by Crippen LogP contribution is -2.30. The summed E-state index contributed by atoms with van der Waals surface area (Å²) in [6, 6.07) is 6.47. The van der Waals surface area contributed by atoms with Crippen LogP contribution >= 0.6 is 0 Å². The third-order valence-corrected chi connectivity index (χ3v) is 5.95. The lowest BCUT2D eigenvalue weighted by molar-refractivity contribution is 0.0728. The molecule has 0 amide bonds. The highest BCUT2D eigenvalue weighted by Crippen LogP contribution is 2.29. The van der Waals surface area contributed by atoms with Crippen LogP contribution in [-0.2, 0) is 10.0 Å². The van der Waals surface area contributed by atoms with Crippen LogP contribution in [0.4, 0.5) is 5.82 Å². The molecule has 2 heterocycles. The number of aliphatic hydroxyl groups is 1. The van der Waals surface area contributed by atoms with Crippen LogP contribution in [0.5, 0.6) is 0 Å². The molecule has 0 aliphatic heterocycles. The number of nitrogens with two attached hydrogens (primary N) is 1. The Morgan fingerprint density at radius 2 is 1.97 bits per heavy atom. The molecule has 0 radical (unpaired) electrons. The van der Waals surface area contributed by atoms with Gasteiger partial charge < -0.3 is 15.4 Å². The summed E-state index contributed by atoms with van der Waals surface area (Å²) in [5, 5.41) is 13.6. The minimum absolute atomic E-state index is 0.0922. The van der Waals surface area contributed by atoms with Crippen LogP contribution in [0.3, 0.4) is 0 Å². The van der Waals surface area contributed by atoms with Gasteiger partial charge in [0.05, 0.1) is 28.1 Å². The van der Waals surface area contributed by atoms with E-state index in [1.807, 2.05) is 6.92 Å². The number of hydrogen-bond acceptors (Lipinski definition) is 8. The number of sulfonamides is 1. The molecule has 0 fully saturated rings. The molecule has 30 heavy (non-hydrogen) atoms. The molecule has 0 spiro atoms. The maximum atomic E-state index is 12.7. The molecule has 9 nitrogen and oxygen atoms in total. The Kier molecular flexibility index (Phi) is 5.93. The molecule has 160 valence electrons. The van der Waals surface area contributed by atoms with Gasteiger partial charge in [0.15, 0.2) is 17.3 Å². The molecule has 0 saturated heterocycles. The van der Waals surface area contributed by atoms with Gasteiger partial charge in [0.25, 0.3) is 0 Å². The van der Waals surface area contributed by atoms with Gasteiger partial charge in [-0.15, -0.1) is 0 Å². The van der Waals surface area contributed by atoms with Crippen molar-refractivity contribution < 1.29 is 18.0 Å². The number of anilines is 1. The normalized spacial score (nSPS) is 12.3. The van der Waals surface area contributed by atoms with Crippen molar-refractivity contribution in [3.63, 3.8) is 0 Å². The fraction of sp³-hybridized carbons (Fsp3) is 0.350. The number of aryl methyl sites for hydroxylation is 2. The lowest BCUT2D eigenvalue weighted by atomic mass is 10.1. The van der Waals surface area contributed by atoms with Crippen molar-refractivity contribution in [2.75, 3.05) is 12.3 Å². The third-order valence-electron chi connectivity index (χ3n) is 4.49. The van der Waals surface area contributed by atoms with Crippen molar-refractivity contribution >= 4 is 15.8 Å². The summed E-state index contributed by atoms with van der Waals surface area (Å²) in [5.74, 6) is 0.568. The molecular weight excluding hydrogens is 406 g/mol. The standard InChI is InChI=1S/C20H25N5O4S/c1-12-5-6-14(30(27,28)23-8-7-20(3,4)26)10-15(12)16-11-22-19(21)18(24-16)17-9-13(2)25-29-17/h5-6,9-11,23,26H,7-8H2,1-4H3,(H2,21,22). The zero-order chi connectivity index (χ0) is 22.1. The summed E-state index contributed by atoms with van der Waals surface area (Å²) in [5.41, 5.74) is 7.88. The Hall–Kier alpha value is -2.82. The molecule has 10 heteroatoms. The predicted molar refractivity (Wildman–Crippen MR) is 113 cm³/mol. The zero-order valence-corrected chi connectivity index (χ0v) is 18.1. The second kappa shape index (κ2) is 8.13. The van der Waals surface area contributed by atoms with Gasteiger partial charge in [0.2, 0.25) is 10.0 Å². The van der Waals surface area contributed by atoms with E-state index >= 15 is 0 Å². The van der Waals surface area contributed by atoms with Crippen molar-refractivity contribution in [1.82, 2.24) is 19.8 Å². The maximum absolute atomic E-state index is 12.7. The van der Waals surface area contributed by atoms with Crippen molar-refractivity contribution in [2.45, 2.75) is 44.6 Å². The zero-order valence-electron chi connectivity index (χ0n) is 17.3. The first-order valence-electron chi connectivity index (χ1n) is 9.35. The Bertz CT molecular complexity index is 1170. The molecule has 0 atom stereocenters. The first-order valence-corrected chi connectivity index (χ1v) is 10.8. The van der Waals surface area contributed by atoms with E-state index in [4.69, 9.17) is 10.3 Å². The highest BCUT2D eigenvalue weighted by molar-refractivity contribution is 7.89. The number of rotatable bonds is 7. The van der Waals surface area contributed by atoms with E-state index in [2.05, 4.69) is 19.8 Å². The van der Waals surface area contributed by atoms with Crippen molar-refractivity contribution in [1.29, 1.82) is 0 Å². The first-order chi connectivity index (χ1) is 14.0. The molecular formula is C20H25N5O4S. The maximum Gasteiger partial charge on any atom is 0.240 e. The van der Waals surface area contributed by atoms with E-state index in [9.17, 15) is 13.5 Å². The van der Waals surface area contributed by atoms with Crippen molar-refractivity contribution in [3.05, 3.63) is 41.7 Å². The van der Waals surface area contributed by atoms with Crippen LogP contribution in [0.25, 0.3) is 22.7 Å². The molecule has 3 rings (SSSR count). The smallest absolute Gasteiger partial charge is 0.240 e.